The molecule has 0 bridgehead atoms. The lowest BCUT2D eigenvalue weighted by molar-refractivity contribution is -0.778. The van der Waals surface area contributed by atoms with Crippen molar-refractivity contribution in [1.82, 2.24) is 0 Å². The molecule has 0 aromatic rings. The fourth-order valence-electron chi connectivity index (χ4n) is 3.99. The molecule has 0 saturated carbocycles. The van der Waals surface area contributed by atoms with Crippen LogP contribution in [0.25, 0.3) is 0 Å². The first kappa shape index (κ1) is 25.6. The number of aliphatic carboxylic acids is 1. The lowest BCUT2D eigenvalue weighted by atomic mass is 10.1. The number of quaternary nitrogens is 1. The van der Waals surface area contributed by atoms with E-state index in [4.69, 9.17) is 5.73 Å². The second kappa shape index (κ2) is 16.3. The van der Waals surface area contributed by atoms with Crippen LogP contribution in [-0.2, 0) is 4.79 Å². The van der Waals surface area contributed by atoms with Gasteiger partial charge in [-0.3, -0.25) is 0 Å². The Morgan fingerprint density at radius 3 is 2.17 bits per heavy atom. The van der Waals surface area contributed by atoms with E-state index in [1.807, 2.05) is 6.20 Å². The fourth-order valence-corrected chi connectivity index (χ4v) is 3.99. The molecule has 1 unspecified atom stereocenters. The number of unbranched alkanes of at least 4 members (excludes halogenated alkanes) is 11. The highest BCUT2D eigenvalue weighted by molar-refractivity contribution is 5.81. The predicted molar refractivity (Wildman–Crippen MR) is 123 cm³/mol. The minimum Gasteiger partial charge on any atom is -0.477 e. The van der Waals surface area contributed by atoms with Gasteiger partial charge in [0.1, 0.15) is 12.7 Å². The van der Waals surface area contributed by atoms with Crippen molar-refractivity contribution < 1.29 is 14.4 Å². The molecular formula is C24H44N3O2+. The number of aliphatic imine (C=N–C) groups is 1. The Balaban J connectivity index is 2.05. The SMILES string of the molecule is CCCCCCCCCCC/C=C/CCCCC1=NC=C[N+]1(CCN)CC(=O)O. The molecule has 0 aliphatic carbocycles. The number of nitrogens with two attached hydrogens (primary N) is 1. The average Bonchev–Trinajstić information content (AvgIpc) is 3.06. The van der Waals surface area contributed by atoms with Gasteiger partial charge in [-0.2, -0.15) is 0 Å². The van der Waals surface area contributed by atoms with Crippen molar-refractivity contribution in [1.29, 1.82) is 0 Å². The first-order chi connectivity index (χ1) is 14.1. The van der Waals surface area contributed by atoms with Gasteiger partial charge in [-0.25, -0.2) is 14.3 Å². The van der Waals surface area contributed by atoms with E-state index >= 15 is 0 Å². The maximum Gasteiger partial charge on any atom is 0.360 e. The van der Waals surface area contributed by atoms with Gasteiger partial charge < -0.3 is 10.8 Å². The van der Waals surface area contributed by atoms with E-state index in [9.17, 15) is 9.90 Å². The molecule has 5 nitrogen and oxygen atoms in total. The highest BCUT2D eigenvalue weighted by atomic mass is 16.4. The summed E-state index contributed by atoms with van der Waals surface area (Å²) >= 11 is 0. The zero-order valence-corrected chi connectivity index (χ0v) is 18.7. The summed E-state index contributed by atoms with van der Waals surface area (Å²) in [5, 5.41) is 9.23. The van der Waals surface area contributed by atoms with Crippen LogP contribution in [0, 0.1) is 0 Å². The Labute approximate surface area is 178 Å². The number of rotatable bonds is 19. The van der Waals surface area contributed by atoms with E-state index in [2.05, 4.69) is 24.1 Å². The Morgan fingerprint density at radius 2 is 1.59 bits per heavy atom. The van der Waals surface area contributed by atoms with E-state index in [1.165, 1.54) is 64.2 Å². The summed E-state index contributed by atoms with van der Waals surface area (Å²) in [6, 6.07) is 0. The number of hydrogen-bond acceptors (Lipinski definition) is 3. The molecule has 0 radical (unpaired) electrons. The average molecular weight is 407 g/mol. The first-order valence-corrected chi connectivity index (χ1v) is 11.8. The van der Waals surface area contributed by atoms with Crippen molar-refractivity contribution in [3.05, 3.63) is 24.6 Å². The minimum absolute atomic E-state index is 0.0329. The Kier molecular flexibility index (Phi) is 14.4. The van der Waals surface area contributed by atoms with E-state index in [0.717, 1.165) is 31.5 Å². The van der Waals surface area contributed by atoms with Gasteiger partial charge in [0.25, 0.3) is 0 Å². The summed E-state index contributed by atoms with van der Waals surface area (Å²) in [7, 11) is 0. The molecule has 5 heteroatoms. The van der Waals surface area contributed by atoms with Gasteiger partial charge in [0.05, 0.1) is 6.20 Å². The Morgan fingerprint density at radius 1 is 1.00 bits per heavy atom. The lowest BCUT2D eigenvalue weighted by Crippen LogP contribution is -2.52. The third-order valence-corrected chi connectivity index (χ3v) is 5.70. The fraction of sp³-hybridized carbons (Fsp3) is 0.750. The summed E-state index contributed by atoms with van der Waals surface area (Å²) in [4.78, 5) is 15.7. The van der Waals surface area contributed by atoms with Crippen LogP contribution in [0.4, 0.5) is 0 Å². The van der Waals surface area contributed by atoms with Crippen LogP contribution in [0.15, 0.2) is 29.5 Å². The lowest BCUT2D eigenvalue weighted by Gasteiger charge is -2.30. The monoisotopic (exact) mass is 406 g/mol. The highest BCUT2D eigenvalue weighted by Gasteiger charge is 2.36. The quantitative estimate of drug-likeness (QED) is 0.162. The van der Waals surface area contributed by atoms with Crippen molar-refractivity contribution in [3.8, 4) is 0 Å². The molecule has 0 amide bonds. The van der Waals surface area contributed by atoms with E-state index in [1.54, 1.807) is 6.20 Å². The number of hydrogen-bond donors (Lipinski definition) is 2. The zero-order chi connectivity index (χ0) is 21.2. The summed E-state index contributed by atoms with van der Waals surface area (Å²) < 4.78 is 0.292. The standard InChI is InChI=1S/C24H43N3O2/c1-2-3-4-5-6-7-8-9-10-11-12-13-14-15-16-17-23-26-19-21-27(23,20-18-25)22-24(28)29/h12-13,19,21H,2-11,14-18,20,22,25H2,1H3/p+1/b13-12+. The second-order valence-corrected chi connectivity index (χ2v) is 8.28. The number of allylic oxidation sites excluding steroid dienone is 2. The summed E-state index contributed by atoms with van der Waals surface area (Å²) in [5.41, 5.74) is 5.71. The summed E-state index contributed by atoms with van der Waals surface area (Å²) in [6.45, 7) is 3.36. The van der Waals surface area contributed by atoms with Crippen LogP contribution in [0.5, 0.6) is 0 Å². The van der Waals surface area contributed by atoms with Crippen molar-refractivity contribution in [2.45, 2.75) is 96.8 Å². The highest BCUT2D eigenvalue weighted by Crippen LogP contribution is 2.20. The van der Waals surface area contributed by atoms with Gasteiger partial charge in [-0.1, -0.05) is 70.4 Å². The van der Waals surface area contributed by atoms with Gasteiger partial charge in [0, 0.05) is 13.0 Å². The van der Waals surface area contributed by atoms with E-state index < -0.39 is 5.97 Å². The molecule has 0 aromatic carbocycles. The van der Waals surface area contributed by atoms with Crippen molar-refractivity contribution in [2.75, 3.05) is 19.6 Å². The maximum absolute atomic E-state index is 11.2. The molecule has 0 aromatic heterocycles. The van der Waals surface area contributed by atoms with Crippen LogP contribution in [-0.4, -0.2) is 41.0 Å². The third-order valence-electron chi connectivity index (χ3n) is 5.70. The molecule has 1 atom stereocenters. The molecule has 1 heterocycles. The number of carbonyl (C=O) groups is 1. The second-order valence-electron chi connectivity index (χ2n) is 8.28. The molecule has 3 N–H and O–H groups in total. The molecule has 166 valence electrons. The van der Waals surface area contributed by atoms with Gasteiger partial charge in [0.15, 0.2) is 6.54 Å². The number of nitrogens with zero attached hydrogens (tertiary/aromatic N) is 2. The van der Waals surface area contributed by atoms with Crippen molar-refractivity contribution >= 4 is 11.8 Å². The number of carboxylic acids is 1. The molecule has 0 spiro atoms. The van der Waals surface area contributed by atoms with Gasteiger partial charge in [0.2, 0.25) is 5.84 Å². The largest absolute Gasteiger partial charge is 0.477 e. The normalized spacial score (nSPS) is 18.6. The molecule has 0 saturated heterocycles. The molecule has 1 aliphatic heterocycles. The van der Waals surface area contributed by atoms with Gasteiger partial charge in [-0.15, -0.1) is 0 Å². The first-order valence-electron chi connectivity index (χ1n) is 11.8. The third kappa shape index (κ3) is 11.3. The molecule has 0 fully saturated rings. The van der Waals surface area contributed by atoms with Crippen LogP contribution in [0.1, 0.15) is 96.8 Å². The Hall–Kier alpha value is -1.46. The smallest absolute Gasteiger partial charge is 0.360 e. The maximum atomic E-state index is 11.2. The van der Waals surface area contributed by atoms with Crippen LogP contribution < -0.4 is 5.73 Å². The van der Waals surface area contributed by atoms with E-state index in [0.29, 0.717) is 17.6 Å². The number of amidine groups is 1. The van der Waals surface area contributed by atoms with Crippen molar-refractivity contribution in [3.63, 3.8) is 0 Å². The van der Waals surface area contributed by atoms with E-state index in [-0.39, 0.29) is 6.54 Å². The summed E-state index contributed by atoms with van der Waals surface area (Å²) in [5.74, 6) is 0.133. The molecule has 29 heavy (non-hydrogen) atoms. The van der Waals surface area contributed by atoms with Gasteiger partial charge in [-0.05, 0) is 32.1 Å². The Bertz CT molecular complexity index is 528. The van der Waals surface area contributed by atoms with Crippen LogP contribution in [0.2, 0.25) is 0 Å². The minimum atomic E-state index is -0.808. The molecule has 1 aliphatic rings. The zero-order valence-electron chi connectivity index (χ0n) is 18.7. The van der Waals surface area contributed by atoms with Crippen molar-refractivity contribution in [2.24, 2.45) is 10.7 Å². The van der Waals surface area contributed by atoms with Gasteiger partial charge >= 0.3 is 5.97 Å². The molecule has 1 rings (SSSR count). The predicted octanol–water partition coefficient (Wildman–Crippen LogP) is 5.77. The van der Waals surface area contributed by atoms with Crippen LogP contribution in [0.3, 0.4) is 0 Å². The number of carboxylic acid groups (broad SMARTS) is 1. The summed E-state index contributed by atoms with van der Waals surface area (Å²) in [6.07, 6.45) is 25.9. The topological polar surface area (TPSA) is 75.7 Å². The van der Waals surface area contributed by atoms with Crippen LogP contribution >= 0.6 is 0 Å². The molecular weight excluding hydrogens is 362 g/mol.